The fourth-order valence-corrected chi connectivity index (χ4v) is 5.58. The van der Waals surface area contributed by atoms with Crippen LogP contribution in [0.1, 0.15) is 44.2 Å². The van der Waals surface area contributed by atoms with Crippen LogP contribution in [-0.2, 0) is 14.4 Å². The van der Waals surface area contributed by atoms with Gasteiger partial charge in [0.05, 0.1) is 11.1 Å². The lowest BCUT2D eigenvalue weighted by atomic mass is 9.86. The van der Waals surface area contributed by atoms with Crippen molar-refractivity contribution >= 4 is 23.9 Å². The van der Waals surface area contributed by atoms with Crippen molar-refractivity contribution in [1.82, 2.24) is 9.96 Å². The summed E-state index contributed by atoms with van der Waals surface area (Å²) in [6.45, 7) is -1.62. The predicted octanol–water partition coefficient (Wildman–Crippen LogP) is 4.94. The van der Waals surface area contributed by atoms with Crippen molar-refractivity contribution in [2.75, 3.05) is 19.7 Å². The van der Waals surface area contributed by atoms with Crippen LogP contribution in [0.15, 0.2) is 72.8 Å². The number of benzene rings is 3. The van der Waals surface area contributed by atoms with E-state index in [9.17, 15) is 32.3 Å². The van der Waals surface area contributed by atoms with Crippen LogP contribution in [0.4, 0.5) is 18.0 Å². The maximum Gasteiger partial charge on any atom is 0.409 e. The molecule has 1 saturated heterocycles. The first-order valence-electron chi connectivity index (χ1n) is 12.5. The quantitative estimate of drug-likeness (QED) is 0.427. The first-order chi connectivity index (χ1) is 19.1. The van der Waals surface area contributed by atoms with E-state index in [2.05, 4.69) is 0 Å². The van der Waals surface area contributed by atoms with Crippen molar-refractivity contribution in [1.29, 1.82) is 0 Å². The van der Waals surface area contributed by atoms with Crippen molar-refractivity contribution in [3.05, 3.63) is 95.1 Å². The lowest BCUT2D eigenvalue weighted by Crippen LogP contribution is -2.51. The Bertz CT molecular complexity index is 1490. The summed E-state index contributed by atoms with van der Waals surface area (Å²) < 4.78 is 48.5. The molecule has 6 rings (SSSR count). The zero-order valence-corrected chi connectivity index (χ0v) is 20.8. The Morgan fingerprint density at radius 2 is 1.32 bits per heavy atom. The Hall–Kier alpha value is -4.67. The molecular formula is C29H21F3N2O6. The van der Waals surface area contributed by atoms with E-state index in [0.29, 0.717) is 0 Å². The van der Waals surface area contributed by atoms with E-state index in [1.807, 2.05) is 48.5 Å². The maximum atomic E-state index is 14.3. The number of rotatable bonds is 4. The fraction of sp³-hybridized carbons (Fsp3) is 0.241. The van der Waals surface area contributed by atoms with Crippen LogP contribution in [0.2, 0.25) is 0 Å². The average Bonchev–Trinajstić information content (AvgIpc) is 3.61. The largest absolute Gasteiger partial charge is 0.448 e. The van der Waals surface area contributed by atoms with Gasteiger partial charge >= 0.3 is 18.2 Å². The minimum absolute atomic E-state index is 0.0381. The molecule has 3 aromatic carbocycles. The Labute approximate surface area is 225 Å². The molecule has 0 bridgehead atoms. The lowest BCUT2D eigenvalue weighted by molar-refractivity contribution is -0.242. The molecule has 40 heavy (non-hydrogen) atoms. The predicted molar refractivity (Wildman–Crippen MR) is 133 cm³/mol. The molecule has 8 nitrogen and oxygen atoms in total. The third kappa shape index (κ3) is 3.83. The number of alkyl halides is 3. The van der Waals surface area contributed by atoms with Crippen molar-refractivity contribution < 1.29 is 41.9 Å². The van der Waals surface area contributed by atoms with Crippen LogP contribution in [0.3, 0.4) is 0 Å². The van der Waals surface area contributed by atoms with E-state index in [0.717, 1.165) is 27.2 Å². The number of carbonyl (C=O) groups is 4. The normalized spacial score (nSPS) is 19.9. The lowest BCUT2D eigenvalue weighted by Gasteiger charge is -2.30. The molecule has 3 aromatic rings. The standard InChI is InChI=1S/C29H21F3N2O6/c30-29(31,32)28(26(37)40-34-24(35)21-11-5-6-12-22(21)25(34)36)13-14-33(16-28)27(38)39-15-23-19-9-3-1-7-17(19)18-8-2-4-10-20(18)23/h1-12,23H,13-16H2. The summed E-state index contributed by atoms with van der Waals surface area (Å²) in [4.78, 5) is 56.5. The molecular weight excluding hydrogens is 529 g/mol. The van der Waals surface area contributed by atoms with Crippen LogP contribution >= 0.6 is 0 Å². The smallest absolute Gasteiger partial charge is 0.409 e. The van der Waals surface area contributed by atoms with Crippen molar-refractivity contribution in [3.63, 3.8) is 0 Å². The fourth-order valence-electron chi connectivity index (χ4n) is 5.58. The third-order valence-electron chi connectivity index (χ3n) is 7.73. The van der Waals surface area contributed by atoms with Gasteiger partial charge in [0.15, 0.2) is 5.41 Å². The molecule has 1 atom stereocenters. The van der Waals surface area contributed by atoms with Crippen LogP contribution in [0, 0.1) is 5.41 Å². The molecule has 204 valence electrons. The van der Waals surface area contributed by atoms with E-state index in [1.165, 1.54) is 24.3 Å². The summed E-state index contributed by atoms with van der Waals surface area (Å²) in [5.74, 6) is -4.23. The molecule has 0 saturated carbocycles. The molecule has 2 aliphatic heterocycles. The van der Waals surface area contributed by atoms with E-state index in [1.54, 1.807) is 0 Å². The summed E-state index contributed by atoms with van der Waals surface area (Å²) in [7, 11) is 0. The van der Waals surface area contributed by atoms with Gasteiger partial charge in [-0.1, -0.05) is 65.7 Å². The number of halogens is 3. The third-order valence-corrected chi connectivity index (χ3v) is 7.73. The second-order valence-corrected chi connectivity index (χ2v) is 9.88. The molecule has 2 heterocycles. The van der Waals surface area contributed by atoms with E-state index < -0.39 is 55.0 Å². The highest BCUT2D eigenvalue weighted by molar-refractivity contribution is 6.21. The summed E-state index contributed by atoms with van der Waals surface area (Å²) in [5, 5.41) is 0.0381. The van der Waals surface area contributed by atoms with Crippen molar-refractivity contribution in [2.45, 2.75) is 18.5 Å². The summed E-state index contributed by atoms with van der Waals surface area (Å²) >= 11 is 0. The summed E-state index contributed by atoms with van der Waals surface area (Å²) in [5.41, 5.74) is 0.536. The van der Waals surface area contributed by atoms with Crippen LogP contribution in [0.5, 0.6) is 0 Å². The van der Waals surface area contributed by atoms with Crippen molar-refractivity contribution in [3.8, 4) is 11.1 Å². The molecule has 3 amide bonds. The van der Waals surface area contributed by atoms with E-state index >= 15 is 0 Å². The number of fused-ring (bicyclic) bond motifs is 4. The molecule has 0 spiro atoms. The molecule has 0 radical (unpaired) electrons. The van der Waals surface area contributed by atoms with Gasteiger partial charge in [0.1, 0.15) is 6.61 Å². The van der Waals surface area contributed by atoms with Gasteiger partial charge in [0.2, 0.25) is 0 Å². The van der Waals surface area contributed by atoms with Gasteiger partial charge < -0.3 is 14.5 Å². The number of hydroxylamine groups is 2. The second kappa shape index (κ2) is 9.22. The van der Waals surface area contributed by atoms with Crippen molar-refractivity contribution in [2.24, 2.45) is 5.41 Å². The minimum atomic E-state index is -5.14. The van der Waals surface area contributed by atoms with Crippen LogP contribution in [-0.4, -0.2) is 59.7 Å². The first-order valence-corrected chi connectivity index (χ1v) is 12.5. The van der Waals surface area contributed by atoms with Crippen LogP contribution < -0.4 is 0 Å². The molecule has 1 fully saturated rings. The molecule has 11 heteroatoms. The zero-order valence-electron chi connectivity index (χ0n) is 20.8. The number of likely N-dealkylation sites (tertiary alicyclic amines) is 1. The van der Waals surface area contributed by atoms with Crippen LogP contribution in [0.25, 0.3) is 11.1 Å². The van der Waals surface area contributed by atoms with E-state index in [4.69, 9.17) is 9.57 Å². The highest BCUT2D eigenvalue weighted by Crippen LogP contribution is 2.48. The number of ether oxygens (including phenoxy) is 1. The van der Waals surface area contributed by atoms with Gasteiger partial charge in [-0.25, -0.2) is 9.59 Å². The molecule has 1 aliphatic carbocycles. The van der Waals surface area contributed by atoms with E-state index in [-0.39, 0.29) is 28.7 Å². The van der Waals surface area contributed by atoms with Gasteiger partial charge in [-0.05, 0) is 40.8 Å². The first kappa shape index (κ1) is 25.6. The number of amides is 3. The van der Waals surface area contributed by atoms with Gasteiger partial charge in [0.25, 0.3) is 11.8 Å². The number of imide groups is 1. The molecule has 3 aliphatic rings. The summed E-state index contributed by atoms with van der Waals surface area (Å²) in [6.07, 6.45) is -6.97. The Balaban J connectivity index is 1.17. The number of carbonyl (C=O) groups excluding carboxylic acids is 4. The Kier molecular flexibility index (Phi) is 5.90. The Morgan fingerprint density at radius 3 is 1.85 bits per heavy atom. The average molecular weight is 550 g/mol. The molecule has 0 N–H and O–H groups in total. The highest BCUT2D eigenvalue weighted by atomic mass is 19.4. The monoisotopic (exact) mass is 550 g/mol. The SMILES string of the molecule is O=C(OCC1c2ccccc2-c2ccccc21)N1CCC(C(=O)ON2C(=O)c3ccccc3C2=O)(C(F)(F)F)C1. The van der Waals surface area contributed by atoms with Gasteiger partial charge in [-0.2, -0.15) is 13.2 Å². The minimum Gasteiger partial charge on any atom is -0.448 e. The highest BCUT2D eigenvalue weighted by Gasteiger charge is 2.66. The summed E-state index contributed by atoms with van der Waals surface area (Å²) in [6, 6.07) is 20.8. The zero-order chi connectivity index (χ0) is 28.2. The maximum absolute atomic E-state index is 14.3. The number of hydrogen-bond donors (Lipinski definition) is 0. The molecule has 1 unspecified atom stereocenters. The van der Waals surface area contributed by atoms with Gasteiger partial charge in [-0.15, -0.1) is 0 Å². The number of nitrogens with zero attached hydrogens (tertiary/aromatic N) is 2. The van der Waals surface area contributed by atoms with Gasteiger partial charge in [0, 0.05) is 19.0 Å². The molecule has 0 aromatic heterocycles. The number of hydrogen-bond acceptors (Lipinski definition) is 6. The second-order valence-electron chi connectivity index (χ2n) is 9.88. The Morgan fingerprint density at radius 1 is 0.825 bits per heavy atom. The van der Waals surface area contributed by atoms with Gasteiger partial charge in [-0.3, -0.25) is 9.59 Å². The topological polar surface area (TPSA) is 93.2 Å².